The fraction of sp³-hybridized carbons (Fsp3) is 0.727. The molecule has 0 bridgehead atoms. The van der Waals surface area contributed by atoms with Gasteiger partial charge in [0.05, 0.1) is 6.20 Å². The van der Waals surface area contributed by atoms with E-state index in [4.69, 9.17) is 0 Å². The van der Waals surface area contributed by atoms with E-state index in [1.807, 2.05) is 6.92 Å². The molecule has 1 rings (SSSR count). The Labute approximate surface area is 109 Å². The molecule has 0 unspecified atom stereocenters. The Morgan fingerprint density at radius 2 is 2.06 bits per heavy atom. The van der Waals surface area contributed by atoms with Crippen molar-refractivity contribution in [2.75, 3.05) is 13.1 Å². The summed E-state index contributed by atoms with van der Waals surface area (Å²) in [6, 6.07) is 0. The Bertz CT molecular complexity index is 442. The van der Waals surface area contributed by atoms with Crippen molar-refractivity contribution in [1.82, 2.24) is 20.2 Å². The Hall–Kier alpha value is -0.920. The van der Waals surface area contributed by atoms with E-state index in [0.29, 0.717) is 18.7 Å². The van der Waals surface area contributed by atoms with Gasteiger partial charge in [0.25, 0.3) is 10.0 Å². The summed E-state index contributed by atoms with van der Waals surface area (Å²) < 4.78 is 26.6. The molecular weight excluding hydrogens is 252 g/mol. The Morgan fingerprint density at radius 1 is 1.28 bits per heavy atom. The monoisotopic (exact) mass is 274 g/mol. The van der Waals surface area contributed by atoms with Crippen LogP contribution >= 0.6 is 0 Å². The highest BCUT2D eigenvalue weighted by Gasteiger charge is 2.19. The zero-order valence-electron chi connectivity index (χ0n) is 11.0. The molecule has 7 heteroatoms. The molecule has 0 saturated heterocycles. The van der Waals surface area contributed by atoms with Crippen LogP contribution in [0.25, 0.3) is 0 Å². The van der Waals surface area contributed by atoms with Crippen molar-refractivity contribution in [3.8, 4) is 0 Å². The van der Waals surface area contributed by atoms with Crippen molar-refractivity contribution in [2.24, 2.45) is 0 Å². The lowest BCUT2D eigenvalue weighted by Gasteiger charge is -2.07. The third-order valence-electron chi connectivity index (χ3n) is 2.51. The molecule has 0 atom stereocenters. The minimum atomic E-state index is -3.47. The average Bonchev–Trinajstić information content (AvgIpc) is 2.79. The summed E-state index contributed by atoms with van der Waals surface area (Å²) in [5.74, 6) is 0. The molecule has 0 aliphatic heterocycles. The lowest BCUT2D eigenvalue weighted by atomic mass is 10.3. The third-order valence-corrected chi connectivity index (χ3v) is 3.99. The van der Waals surface area contributed by atoms with Crippen LogP contribution in [0.3, 0.4) is 0 Å². The fourth-order valence-electron chi connectivity index (χ4n) is 1.51. The molecule has 1 aromatic heterocycles. The number of aromatic amines is 1. The second-order valence-electron chi connectivity index (χ2n) is 4.15. The number of nitrogens with one attached hydrogen (secondary N) is 3. The molecule has 1 aromatic rings. The number of aromatic nitrogens is 2. The van der Waals surface area contributed by atoms with Crippen LogP contribution in [0.5, 0.6) is 0 Å². The number of nitrogens with zero attached hydrogens (tertiary/aromatic N) is 1. The number of rotatable bonds is 9. The van der Waals surface area contributed by atoms with E-state index >= 15 is 0 Å². The molecule has 1 heterocycles. The fourth-order valence-corrected chi connectivity index (χ4v) is 2.71. The molecule has 3 N–H and O–H groups in total. The van der Waals surface area contributed by atoms with E-state index in [1.54, 1.807) is 6.20 Å². The smallest absolute Gasteiger partial charge is 0.257 e. The maximum atomic E-state index is 12.0. The van der Waals surface area contributed by atoms with Crippen molar-refractivity contribution in [3.05, 3.63) is 11.8 Å². The second kappa shape index (κ2) is 7.50. The first-order valence-electron chi connectivity index (χ1n) is 6.34. The van der Waals surface area contributed by atoms with Gasteiger partial charge in [0, 0.05) is 18.7 Å². The lowest BCUT2D eigenvalue weighted by Crippen LogP contribution is -2.27. The van der Waals surface area contributed by atoms with Gasteiger partial charge in [0.2, 0.25) is 0 Å². The number of hydrogen-bond donors (Lipinski definition) is 3. The van der Waals surface area contributed by atoms with Crippen LogP contribution in [0.4, 0.5) is 0 Å². The first-order valence-corrected chi connectivity index (χ1v) is 7.82. The maximum absolute atomic E-state index is 12.0. The topological polar surface area (TPSA) is 86.9 Å². The highest BCUT2D eigenvalue weighted by Crippen LogP contribution is 2.11. The quantitative estimate of drug-likeness (QED) is 0.586. The van der Waals surface area contributed by atoms with Crippen molar-refractivity contribution in [1.29, 1.82) is 0 Å². The predicted octanol–water partition coefficient (Wildman–Crippen LogP) is 0.988. The first-order chi connectivity index (χ1) is 8.61. The molecule has 0 aliphatic carbocycles. The number of H-pyrrole nitrogens is 1. The number of sulfonamides is 1. The maximum Gasteiger partial charge on any atom is 0.257 e. The second-order valence-corrected chi connectivity index (χ2v) is 5.86. The Kier molecular flexibility index (Phi) is 6.31. The van der Waals surface area contributed by atoms with Gasteiger partial charge in [-0.2, -0.15) is 5.10 Å². The van der Waals surface area contributed by atoms with Gasteiger partial charge in [-0.15, -0.1) is 0 Å². The summed E-state index contributed by atoms with van der Waals surface area (Å²) in [5.41, 5.74) is 0.674. The minimum Gasteiger partial charge on any atom is -0.313 e. The molecule has 0 saturated carbocycles. The largest absolute Gasteiger partial charge is 0.313 e. The number of hydrogen-bond acceptors (Lipinski definition) is 4. The van der Waals surface area contributed by atoms with Crippen molar-refractivity contribution >= 4 is 10.0 Å². The zero-order chi connectivity index (χ0) is 13.4. The van der Waals surface area contributed by atoms with Crippen LogP contribution in [0.2, 0.25) is 0 Å². The summed E-state index contributed by atoms with van der Waals surface area (Å²) in [6.07, 6.45) is 4.35. The van der Waals surface area contributed by atoms with Crippen LogP contribution in [-0.2, 0) is 16.6 Å². The molecule has 0 amide bonds. The van der Waals surface area contributed by atoms with Gasteiger partial charge in [0.15, 0.2) is 5.03 Å². The summed E-state index contributed by atoms with van der Waals surface area (Å²) >= 11 is 0. The van der Waals surface area contributed by atoms with Crippen LogP contribution < -0.4 is 10.0 Å². The van der Waals surface area contributed by atoms with Crippen molar-refractivity contribution in [2.45, 2.75) is 44.7 Å². The summed E-state index contributed by atoms with van der Waals surface area (Å²) in [5, 5.41) is 9.70. The summed E-state index contributed by atoms with van der Waals surface area (Å²) in [7, 11) is -3.47. The van der Waals surface area contributed by atoms with E-state index in [0.717, 1.165) is 25.8 Å². The van der Waals surface area contributed by atoms with E-state index in [2.05, 4.69) is 27.2 Å². The van der Waals surface area contributed by atoms with Gasteiger partial charge in [-0.25, -0.2) is 13.1 Å². The molecular formula is C11H22N4O2S. The molecule has 0 fully saturated rings. The standard InChI is InChI=1S/C11H22N4O2S/c1-3-5-7-14-18(16,17)11-10(9-13-15-11)8-12-6-4-2/h9,12,14H,3-8H2,1-2H3,(H,13,15). The van der Waals surface area contributed by atoms with Gasteiger partial charge in [-0.1, -0.05) is 20.3 Å². The summed E-state index contributed by atoms with van der Waals surface area (Å²) in [6.45, 7) is 5.90. The Morgan fingerprint density at radius 3 is 2.72 bits per heavy atom. The molecule has 0 aromatic carbocycles. The lowest BCUT2D eigenvalue weighted by molar-refractivity contribution is 0.571. The SMILES string of the molecule is CCCCNS(=O)(=O)c1[nH]ncc1CNCCC. The third kappa shape index (κ3) is 4.40. The van der Waals surface area contributed by atoms with Gasteiger partial charge >= 0.3 is 0 Å². The van der Waals surface area contributed by atoms with Gasteiger partial charge in [0.1, 0.15) is 0 Å². The minimum absolute atomic E-state index is 0.169. The highest BCUT2D eigenvalue weighted by molar-refractivity contribution is 7.89. The zero-order valence-corrected chi connectivity index (χ0v) is 11.8. The molecule has 18 heavy (non-hydrogen) atoms. The van der Waals surface area contributed by atoms with Crippen molar-refractivity contribution < 1.29 is 8.42 Å². The average molecular weight is 274 g/mol. The molecule has 6 nitrogen and oxygen atoms in total. The first kappa shape index (κ1) is 15.1. The highest BCUT2D eigenvalue weighted by atomic mass is 32.2. The molecule has 104 valence electrons. The van der Waals surface area contributed by atoms with Gasteiger partial charge < -0.3 is 5.32 Å². The molecule has 0 radical (unpaired) electrons. The van der Waals surface area contributed by atoms with Crippen LogP contribution in [-0.4, -0.2) is 31.7 Å². The Balaban J connectivity index is 2.67. The molecule has 0 aliphatic rings. The van der Waals surface area contributed by atoms with Crippen molar-refractivity contribution in [3.63, 3.8) is 0 Å². The normalized spacial score (nSPS) is 11.9. The van der Waals surface area contributed by atoms with Crippen LogP contribution in [0.15, 0.2) is 11.2 Å². The van der Waals surface area contributed by atoms with Crippen LogP contribution in [0, 0.1) is 0 Å². The van der Waals surface area contributed by atoms with Gasteiger partial charge in [-0.3, -0.25) is 5.10 Å². The summed E-state index contributed by atoms with van der Waals surface area (Å²) in [4.78, 5) is 0. The van der Waals surface area contributed by atoms with E-state index in [1.165, 1.54) is 0 Å². The van der Waals surface area contributed by atoms with Crippen LogP contribution in [0.1, 0.15) is 38.7 Å². The predicted molar refractivity (Wildman–Crippen MR) is 70.7 cm³/mol. The van der Waals surface area contributed by atoms with E-state index in [-0.39, 0.29) is 5.03 Å². The number of unbranched alkanes of at least 4 members (excludes halogenated alkanes) is 1. The van der Waals surface area contributed by atoms with Gasteiger partial charge in [-0.05, 0) is 19.4 Å². The molecule has 0 spiro atoms. The van der Waals surface area contributed by atoms with E-state index < -0.39 is 10.0 Å². The van der Waals surface area contributed by atoms with E-state index in [9.17, 15) is 8.42 Å².